The summed E-state index contributed by atoms with van der Waals surface area (Å²) in [6.07, 6.45) is -4.54. The standard InChI is InChI=1S/C11H8ClF3N4OS/c12-6-1-3-7(4-2-6)17-8(20)5-16-10-19-18-9(21-10)11(13,14)15/h1-4H,5H2,(H,16,19)(H,17,20). The van der Waals surface area contributed by atoms with Crippen molar-refractivity contribution in [2.75, 3.05) is 17.2 Å². The Morgan fingerprint density at radius 3 is 2.48 bits per heavy atom. The van der Waals surface area contributed by atoms with Crippen LogP contribution in [0.1, 0.15) is 5.01 Å². The number of hydrogen-bond acceptors (Lipinski definition) is 5. The summed E-state index contributed by atoms with van der Waals surface area (Å²) in [6, 6.07) is 6.41. The molecule has 0 fully saturated rings. The van der Waals surface area contributed by atoms with E-state index in [9.17, 15) is 18.0 Å². The van der Waals surface area contributed by atoms with E-state index < -0.39 is 17.1 Å². The van der Waals surface area contributed by atoms with Crippen LogP contribution >= 0.6 is 22.9 Å². The van der Waals surface area contributed by atoms with Gasteiger partial charge in [-0.2, -0.15) is 13.2 Å². The third-order valence-electron chi connectivity index (χ3n) is 2.20. The van der Waals surface area contributed by atoms with E-state index in [2.05, 4.69) is 20.8 Å². The van der Waals surface area contributed by atoms with Crippen LogP contribution in [-0.2, 0) is 11.0 Å². The van der Waals surface area contributed by atoms with Gasteiger partial charge in [0.25, 0.3) is 0 Å². The first-order valence-corrected chi connectivity index (χ1v) is 6.74. The zero-order chi connectivity index (χ0) is 15.5. The molecule has 2 rings (SSSR count). The highest BCUT2D eigenvalue weighted by atomic mass is 35.5. The van der Waals surface area contributed by atoms with E-state index in [1.165, 1.54) is 0 Å². The van der Waals surface area contributed by atoms with Gasteiger partial charge in [0, 0.05) is 10.7 Å². The number of amides is 1. The molecule has 0 spiro atoms. The molecule has 0 bridgehead atoms. The summed E-state index contributed by atoms with van der Waals surface area (Å²) in [5.74, 6) is -0.430. The molecule has 0 saturated carbocycles. The van der Waals surface area contributed by atoms with Crippen LogP contribution in [0.2, 0.25) is 5.02 Å². The highest BCUT2D eigenvalue weighted by Crippen LogP contribution is 2.32. The molecule has 0 aliphatic carbocycles. The maximum absolute atomic E-state index is 12.3. The maximum Gasteiger partial charge on any atom is 0.445 e. The number of benzene rings is 1. The molecule has 0 unspecified atom stereocenters. The van der Waals surface area contributed by atoms with Gasteiger partial charge in [0.15, 0.2) is 0 Å². The number of carbonyl (C=O) groups is 1. The average molecular weight is 337 g/mol. The largest absolute Gasteiger partial charge is 0.445 e. The highest BCUT2D eigenvalue weighted by molar-refractivity contribution is 7.15. The van der Waals surface area contributed by atoms with E-state index in [1.807, 2.05) is 0 Å². The monoisotopic (exact) mass is 336 g/mol. The fraction of sp³-hybridized carbons (Fsp3) is 0.182. The van der Waals surface area contributed by atoms with Crippen LogP contribution in [0, 0.1) is 0 Å². The van der Waals surface area contributed by atoms with E-state index in [-0.39, 0.29) is 11.7 Å². The van der Waals surface area contributed by atoms with Crippen molar-refractivity contribution < 1.29 is 18.0 Å². The lowest BCUT2D eigenvalue weighted by molar-refractivity contribution is -0.138. The molecule has 1 heterocycles. The molecule has 2 N–H and O–H groups in total. The van der Waals surface area contributed by atoms with Gasteiger partial charge >= 0.3 is 6.18 Å². The second-order valence-electron chi connectivity index (χ2n) is 3.82. The van der Waals surface area contributed by atoms with Crippen LogP contribution in [0.4, 0.5) is 24.0 Å². The van der Waals surface area contributed by atoms with Gasteiger partial charge in [-0.05, 0) is 24.3 Å². The second kappa shape index (κ2) is 6.27. The molecule has 0 saturated heterocycles. The Bertz CT molecular complexity index is 629. The SMILES string of the molecule is O=C(CNc1nnc(C(F)(F)F)s1)Nc1ccc(Cl)cc1. The minimum absolute atomic E-state index is 0.0754. The molecule has 0 radical (unpaired) electrons. The lowest BCUT2D eigenvalue weighted by Crippen LogP contribution is -2.21. The van der Waals surface area contributed by atoms with Crippen molar-refractivity contribution in [3.8, 4) is 0 Å². The predicted octanol–water partition coefficient (Wildman–Crippen LogP) is 3.26. The first-order valence-electron chi connectivity index (χ1n) is 5.54. The number of aromatic nitrogens is 2. The second-order valence-corrected chi connectivity index (χ2v) is 5.23. The third kappa shape index (κ3) is 4.57. The Balaban J connectivity index is 1.86. The van der Waals surface area contributed by atoms with Gasteiger partial charge in [-0.15, -0.1) is 10.2 Å². The molecule has 1 amide bonds. The molecule has 112 valence electrons. The lowest BCUT2D eigenvalue weighted by atomic mass is 10.3. The minimum Gasteiger partial charge on any atom is -0.351 e. The number of hydrogen-bond donors (Lipinski definition) is 2. The van der Waals surface area contributed by atoms with Crippen LogP contribution in [0.3, 0.4) is 0 Å². The molecule has 1 aromatic heterocycles. The Labute approximate surface area is 126 Å². The zero-order valence-electron chi connectivity index (χ0n) is 10.2. The Kier molecular flexibility index (Phi) is 4.63. The van der Waals surface area contributed by atoms with E-state index in [0.29, 0.717) is 22.0 Å². The Hall–Kier alpha value is -1.87. The summed E-state index contributed by atoms with van der Waals surface area (Å²) in [7, 11) is 0. The van der Waals surface area contributed by atoms with Gasteiger partial charge < -0.3 is 10.6 Å². The van der Waals surface area contributed by atoms with Crippen LogP contribution in [0.5, 0.6) is 0 Å². The summed E-state index contributed by atoms with van der Waals surface area (Å²) in [5.41, 5.74) is 0.527. The van der Waals surface area contributed by atoms with E-state index >= 15 is 0 Å². The van der Waals surface area contributed by atoms with Crippen molar-refractivity contribution in [1.82, 2.24) is 10.2 Å². The van der Waals surface area contributed by atoms with Crippen LogP contribution in [0.15, 0.2) is 24.3 Å². The lowest BCUT2D eigenvalue weighted by Gasteiger charge is -2.05. The minimum atomic E-state index is -4.54. The number of alkyl halides is 3. The first-order chi connectivity index (χ1) is 9.84. The molecule has 0 aliphatic heterocycles. The van der Waals surface area contributed by atoms with E-state index in [0.717, 1.165) is 0 Å². The topological polar surface area (TPSA) is 66.9 Å². The van der Waals surface area contributed by atoms with Crippen LogP contribution < -0.4 is 10.6 Å². The molecule has 2 aromatic rings. The van der Waals surface area contributed by atoms with E-state index in [4.69, 9.17) is 11.6 Å². The van der Waals surface area contributed by atoms with Gasteiger partial charge in [-0.25, -0.2) is 0 Å². The number of anilines is 2. The average Bonchev–Trinajstić information content (AvgIpc) is 2.88. The molecule has 1 aromatic carbocycles. The molecular formula is C11H8ClF3N4OS. The van der Waals surface area contributed by atoms with Gasteiger partial charge in [-0.3, -0.25) is 4.79 Å². The summed E-state index contributed by atoms with van der Waals surface area (Å²) in [6.45, 7) is -0.227. The van der Waals surface area contributed by atoms with Crippen molar-refractivity contribution in [3.05, 3.63) is 34.3 Å². The smallest absolute Gasteiger partial charge is 0.351 e. The summed E-state index contributed by atoms with van der Waals surface area (Å²) in [4.78, 5) is 11.6. The highest BCUT2D eigenvalue weighted by Gasteiger charge is 2.35. The number of rotatable bonds is 4. The molecule has 0 aliphatic rings. The molecule has 5 nitrogen and oxygen atoms in total. The predicted molar refractivity (Wildman–Crippen MR) is 73.5 cm³/mol. The van der Waals surface area contributed by atoms with Gasteiger partial charge in [0.05, 0.1) is 6.54 Å². The van der Waals surface area contributed by atoms with Gasteiger partial charge in [0.2, 0.25) is 16.0 Å². The normalized spacial score (nSPS) is 11.2. The zero-order valence-corrected chi connectivity index (χ0v) is 11.8. The summed E-state index contributed by atoms with van der Waals surface area (Å²) in [5, 5.41) is 10.7. The summed E-state index contributed by atoms with van der Waals surface area (Å²) < 4.78 is 36.9. The number of nitrogens with one attached hydrogen (secondary N) is 2. The van der Waals surface area contributed by atoms with Crippen molar-refractivity contribution >= 4 is 39.7 Å². The fourth-order valence-electron chi connectivity index (χ4n) is 1.30. The summed E-state index contributed by atoms with van der Waals surface area (Å²) >= 11 is 6.03. The van der Waals surface area contributed by atoms with Crippen LogP contribution in [0.25, 0.3) is 0 Å². The van der Waals surface area contributed by atoms with Crippen molar-refractivity contribution in [3.63, 3.8) is 0 Å². The van der Waals surface area contributed by atoms with Crippen molar-refractivity contribution in [2.45, 2.75) is 6.18 Å². The van der Waals surface area contributed by atoms with Gasteiger partial charge in [0.1, 0.15) is 0 Å². The number of halogens is 4. The third-order valence-corrected chi connectivity index (χ3v) is 3.37. The van der Waals surface area contributed by atoms with Crippen molar-refractivity contribution in [2.24, 2.45) is 0 Å². The molecule has 10 heteroatoms. The number of nitrogens with zero attached hydrogens (tertiary/aromatic N) is 2. The first kappa shape index (κ1) is 15.5. The molecule has 21 heavy (non-hydrogen) atoms. The quantitative estimate of drug-likeness (QED) is 0.899. The van der Waals surface area contributed by atoms with Crippen molar-refractivity contribution in [1.29, 1.82) is 0 Å². The number of carbonyl (C=O) groups excluding carboxylic acids is 1. The molecular weight excluding hydrogens is 329 g/mol. The molecule has 0 atom stereocenters. The Morgan fingerprint density at radius 1 is 1.24 bits per heavy atom. The van der Waals surface area contributed by atoms with Gasteiger partial charge in [-0.1, -0.05) is 22.9 Å². The Morgan fingerprint density at radius 2 is 1.90 bits per heavy atom. The van der Waals surface area contributed by atoms with Crippen LogP contribution in [-0.4, -0.2) is 22.6 Å². The van der Waals surface area contributed by atoms with E-state index in [1.54, 1.807) is 24.3 Å². The maximum atomic E-state index is 12.3. The fourth-order valence-corrected chi connectivity index (χ4v) is 2.04.